The van der Waals surface area contributed by atoms with Gasteiger partial charge in [0.25, 0.3) is 0 Å². The second-order valence-corrected chi connectivity index (χ2v) is 4.20. The van der Waals surface area contributed by atoms with Crippen LogP contribution in [0.1, 0.15) is 32.6 Å². The smallest absolute Gasteiger partial charge is 0.315 e. The molecule has 1 heterocycles. The average Bonchev–Trinajstić information content (AvgIpc) is 2.60. The Balaban J connectivity index is 1.79. The van der Waals surface area contributed by atoms with E-state index >= 15 is 0 Å². The minimum Gasteiger partial charge on any atom is -0.407 e. The van der Waals surface area contributed by atoms with Crippen LogP contribution in [0, 0.1) is 5.92 Å². The van der Waals surface area contributed by atoms with Gasteiger partial charge in [0.2, 0.25) is 5.89 Å². The minimum absolute atomic E-state index is 0.521. The Bertz CT molecular complexity index is 306. The summed E-state index contributed by atoms with van der Waals surface area (Å²) in [6.07, 6.45) is 2.40. The van der Waals surface area contributed by atoms with Gasteiger partial charge in [0.15, 0.2) is 0 Å². The van der Waals surface area contributed by atoms with E-state index in [4.69, 9.17) is 4.42 Å². The Hall–Kier alpha value is -1.10. The summed E-state index contributed by atoms with van der Waals surface area (Å²) in [5.74, 6) is 1.47. The molecule has 5 heteroatoms. The van der Waals surface area contributed by atoms with Crippen molar-refractivity contribution in [2.75, 3.05) is 11.9 Å². The van der Waals surface area contributed by atoms with Gasteiger partial charge in [-0.05, 0) is 25.3 Å². The Morgan fingerprint density at radius 3 is 2.87 bits per heavy atom. The van der Waals surface area contributed by atoms with Crippen LogP contribution in [0.15, 0.2) is 4.42 Å². The maximum absolute atomic E-state index is 5.43. The van der Waals surface area contributed by atoms with Gasteiger partial charge in [0.1, 0.15) is 0 Å². The zero-order valence-corrected chi connectivity index (χ0v) is 9.29. The standard InChI is InChI=1S/C10H18N4O/c1-3-11-6-9-13-14-10(15-9)12-8-4-7(2)5-8/h7-8,11H,3-6H2,1-2H3,(H,12,14). The average molecular weight is 210 g/mol. The third-order valence-electron chi connectivity index (χ3n) is 2.69. The van der Waals surface area contributed by atoms with E-state index in [0.717, 1.165) is 12.5 Å². The highest BCUT2D eigenvalue weighted by Crippen LogP contribution is 2.28. The van der Waals surface area contributed by atoms with Crippen molar-refractivity contribution in [3.63, 3.8) is 0 Å². The molecule has 0 amide bonds. The second kappa shape index (κ2) is 4.61. The molecular weight excluding hydrogens is 192 g/mol. The van der Waals surface area contributed by atoms with Crippen molar-refractivity contribution in [1.29, 1.82) is 0 Å². The van der Waals surface area contributed by atoms with Crippen molar-refractivity contribution in [2.24, 2.45) is 5.92 Å². The Kier molecular flexibility index (Phi) is 3.20. The molecule has 15 heavy (non-hydrogen) atoms. The van der Waals surface area contributed by atoms with Gasteiger partial charge in [-0.15, -0.1) is 5.10 Å². The van der Waals surface area contributed by atoms with E-state index in [9.17, 15) is 0 Å². The summed E-state index contributed by atoms with van der Waals surface area (Å²) in [6.45, 7) is 5.85. The van der Waals surface area contributed by atoms with Crippen LogP contribution in [0.4, 0.5) is 6.01 Å². The van der Waals surface area contributed by atoms with Crippen LogP contribution >= 0.6 is 0 Å². The monoisotopic (exact) mass is 210 g/mol. The second-order valence-electron chi connectivity index (χ2n) is 4.20. The first-order valence-corrected chi connectivity index (χ1v) is 5.57. The van der Waals surface area contributed by atoms with Gasteiger partial charge in [0.05, 0.1) is 6.54 Å². The quantitative estimate of drug-likeness (QED) is 0.769. The van der Waals surface area contributed by atoms with E-state index in [-0.39, 0.29) is 0 Å². The summed E-state index contributed by atoms with van der Waals surface area (Å²) in [7, 11) is 0. The number of hydrogen-bond donors (Lipinski definition) is 2. The van der Waals surface area contributed by atoms with Crippen LogP contribution in [-0.4, -0.2) is 22.8 Å². The number of nitrogens with one attached hydrogen (secondary N) is 2. The minimum atomic E-state index is 0.521. The molecule has 5 nitrogen and oxygen atoms in total. The molecule has 2 N–H and O–H groups in total. The molecule has 0 spiro atoms. The lowest BCUT2D eigenvalue weighted by atomic mass is 9.82. The van der Waals surface area contributed by atoms with E-state index in [0.29, 0.717) is 24.5 Å². The zero-order valence-electron chi connectivity index (χ0n) is 9.29. The van der Waals surface area contributed by atoms with E-state index in [1.807, 2.05) is 6.92 Å². The maximum Gasteiger partial charge on any atom is 0.315 e. The highest BCUT2D eigenvalue weighted by Gasteiger charge is 2.26. The molecule has 0 aliphatic heterocycles. The van der Waals surface area contributed by atoms with Crippen LogP contribution in [0.5, 0.6) is 0 Å². The fourth-order valence-electron chi connectivity index (χ4n) is 1.81. The lowest BCUT2D eigenvalue weighted by molar-refractivity contribution is 0.303. The van der Waals surface area contributed by atoms with Gasteiger partial charge in [-0.3, -0.25) is 0 Å². The van der Waals surface area contributed by atoms with Gasteiger partial charge in [-0.2, -0.15) is 0 Å². The third-order valence-corrected chi connectivity index (χ3v) is 2.69. The molecule has 0 saturated heterocycles. The first-order valence-electron chi connectivity index (χ1n) is 5.57. The Labute approximate surface area is 89.6 Å². The molecule has 84 valence electrons. The van der Waals surface area contributed by atoms with Crippen molar-refractivity contribution >= 4 is 6.01 Å². The largest absolute Gasteiger partial charge is 0.407 e. The van der Waals surface area contributed by atoms with Crippen LogP contribution < -0.4 is 10.6 Å². The summed E-state index contributed by atoms with van der Waals surface area (Å²) < 4.78 is 5.43. The summed E-state index contributed by atoms with van der Waals surface area (Å²) in [6, 6.07) is 1.08. The highest BCUT2D eigenvalue weighted by atomic mass is 16.4. The summed E-state index contributed by atoms with van der Waals surface area (Å²) in [4.78, 5) is 0. The number of rotatable bonds is 5. The molecule has 1 fully saturated rings. The van der Waals surface area contributed by atoms with Crippen LogP contribution in [0.2, 0.25) is 0 Å². The van der Waals surface area contributed by atoms with Gasteiger partial charge in [0, 0.05) is 6.04 Å². The molecule has 2 rings (SSSR count). The van der Waals surface area contributed by atoms with Crippen LogP contribution in [-0.2, 0) is 6.54 Å². The number of nitrogens with zero attached hydrogens (tertiary/aromatic N) is 2. The Morgan fingerprint density at radius 2 is 2.20 bits per heavy atom. The molecule has 0 aromatic carbocycles. The number of anilines is 1. The lowest BCUT2D eigenvalue weighted by Gasteiger charge is -2.32. The first kappa shape index (κ1) is 10.4. The molecule has 0 bridgehead atoms. The van der Waals surface area contributed by atoms with Gasteiger partial charge in [-0.1, -0.05) is 18.9 Å². The van der Waals surface area contributed by atoms with E-state index < -0.39 is 0 Å². The van der Waals surface area contributed by atoms with Crippen molar-refractivity contribution in [3.8, 4) is 0 Å². The Morgan fingerprint density at radius 1 is 1.40 bits per heavy atom. The molecule has 0 atom stereocenters. The fourth-order valence-corrected chi connectivity index (χ4v) is 1.81. The van der Waals surface area contributed by atoms with Gasteiger partial charge < -0.3 is 15.1 Å². The van der Waals surface area contributed by atoms with Crippen molar-refractivity contribution in [1.82, 2.24) is 15.5 Å². The van der Waals surface area contributed by atoms with Crippen molar-refractivity contribution in [2.45, 2.75) is 39.3 Å². The first-order chi connectivity index (χ1) is 7.28. The zero-order chi connectivity index (χ0) is 10.7. The molecular formula is C10H18N4O. The summed E-state index contributed by atoms with van der Waals surface area (Å²) in [5.41, 5.74) is 0. The topological polar surface area (TPSA) is 63.0 Å². The fraction of sp³-hybridized carbons (Fsp3) is 0.800. The van der Waals surface area contributed by atoms with Gasteiger partial charge >= 0.3 is 6.01 Å². The predicted molar refractivity (Wildman–Crippen MR) is 57.5 cm³/mol. The third kappa shape index (κ3) is 2.68. The van der Waals surface area contributed by atoms with Crippen molar-refractivity contribution in [3.05, 3.63) is 5.89 Å². The molecule has 1 aromatic heterocycles. The lowest BCUT2D eigenvalue weighted by Crippen LogP contribution is -2.33. The number of hydrogen-bond acceptors (Lipinski definition) is 5. The SMILES string of the molecule is CCNCc1nnc(NC2CC(C)C2)o1. The van der Waals surface area contributed by atoms with E-state index in [2.05, 4.69) is 27.8 Å². The van der Waals surface area contributed by atoms with E-state index in [1.165, 1.54) is 12.8 Å². The summed E-state index contributed by atoms with van der Waals surface area (Å²) >= 11 is 0. The molecule has 1 aliphatic rings. The summed E-state index contributed by atoms with van der Waals surface area (Å²) in [5, 5.41) is 14.3. The molecule has 0 radical (unpaired) electrons. The van der Waals surface area contributed by atoms with Crippen LogP contribution in [0.25, 0.3) is 0 Å². The predicted octanol–water partition coefficient (Wildman–Crippen LogP) is 1.39. The molecule has 1 aliphatic carbocycles. The molecule has 1 saturated carbocycles. The molecule has 0 unspecified atom stereocenters. The van der Waals surface area contributed by atoms with Gasteiger partial charge in [-0.25, -0.2) is 0 Å². The van der Waals surface area contributed by atoms with E-state index in [1.54, 1.807) is 0 Å². The normalized spacial score (nSPS) is 24.9. The number of aromatic nitrogens is 2. The molecule has 1 aromatic rings. The maximum atomic E-state index is 5.43. The van der Waals surface area contributed by atoms with Crippen molar-refractivity contribution < 1.29 is 4.42 Å². The van der Waals surface area contributed by atoms with Crippen LogP contribution in [0.3, 0.4) is 0 Å². The highest BCUT2D eigenvalue weighted by molar-refractivity contribution is 5.21.